The lowest BCUT2D eigenvalue weighted by atomic mass is 9.99. The third-order valence-corrected chi connectivity index (χ3v) is 6.11. The van der Waals surface area contributed by atoms with Gasteiger partial charge in [0.15, 0.2) is 5.16 Å². The number of fused-ring (bicyclic) bond motifs is 1. The van der Waals surface area contributed by atoms with E-state index in [0.29, 0.717) is 16.0 Å². The smallest absolute Gasteiger partial charge is 0.264 e. The number of aromatic nitrogens is 3. The highest BCUT2D eigenvalue weighted by atomic mass is 35.5. The molecule has 0 bridgehead atoms. The van der Waals surface area contributed by atoms with Crippen LogP contribution in [0.25, 0.3) is 0 Å². The van der Waals surface area contributed by atoms with Gasteiger partial charge in [-0.2, -0.15) is 4.68 Å². The number of benzene rings is 1. The maximum Gasteiger partial charge on any atom is 0.264 e. The summed E-state index contributed by atoms with van der Waals surface area (Å²) < 4.78 is 7.33. The molecule has 6 nitrogen and oxygen atoms in total. The summed E-state index contributed by atoms with van der Waals surface area (Å²) >= 11 is 7.74. The summed E-state index contributed by atoms with van der Waals surface area (Å²) in [5, 5.41) is 5.29. The minimum Gasteiger partial charge on any atom is -0.373 e. The van der Waals surface area contributed by atoms with Crippen LogP contribution in [0.2, 0.25) is 5.02 Å². The average Bonchev–Trinajstić information content (AvgIpc) is 3.05. The highest BCUT2D eigenvalue weighted by Gasteiger charge is 2.44. The first-order chi connectivity index (χ1) is 12.4. The van der Waals surface area contributed by atoms with Crippen LogP contribution in [0.3, 0.4) is 0 Å². The molecule has 2 aliphatic rings. The number of morpholine rings is 1. The summed E-state index contributed by atoms with van der Waals surface area (Å²) in [5.41, 5.74) is 1.03. The van der Waals surface area contributed by atoms with Crippen molar-refractivity contribution in [2.45, 2.75) is 49.4 Å². The number of halogens is 1. The van der Waals surface area contributed by atoms with Gasteiger partial charge in [0.1, 0.15) is 11.1 Å². The van der Waals surface area contributed by atoms with Crippen molar-refractivity contribution in [2.24, 2.45) is 0 Å². The van der Waals surface area contributed by atoms with Crippen LogP contribution in [0.1, 0.15) is 36.1 Å². The molecule has 0 amide bonds. The van der Waals surface area contributed by atoms with Crippen molar-refractivity contribution in [3.05, 3.63) is 40.7 Å². The molecular weight excluding hydrogens is 372 g/mol. The molecule has 1 aromatic heterocycles. The van der Waals surface area contributed by atoms with E-state index in [2.05, 4.69) is 28.8 Å². The number of carbonyl (C=O) groups excluding carboxylic acids is 1. The topological polar surface area (TPSA) is 60.2 Å². The second-order valence-electron chi connectivity index (χ2n) is 6.94. The summed E-state index contributed by atoms with van der Waals surface area (Å²) in [5.74, 6) is 0.592. The monoisotopic (exact) mass is 392 g/mol. The Morgan fingerprint density at radius 1 is 1.31 bits per heavy atom. The maximum absolute atomic E-state index is 13.1. The molecule has 4 atom stereocenters. The van der Waals surface area contributed by atoms with Crippen LogP contribution in [0.15, 0.2) is 29.4 Å². The van der Waals surface area contributed by atoms with Gasteiger partial charge in [-0.1, -0.05) is 35.5 Å². The zero-order valence-corrected chi connectivity index (χ0v) is 16.5. The van der Waals surface area contributed by atoms with Crippen LogP contribution in [-0.2, 0) is 4.74 Å². The highest BCUT2D eigenvalue weighted by Crippen LogP contribution is 2.42. The van der Waals surface area contributed by atoms with Crippen molar-refractivity contribution in [3.8, 4) is 0 Å². The first-order valence-electron chi connectivity index (χ1n) is 8.72. The van der Waals surface area contributed by atoms with Gasteiger partial charge in [-0.15, -0.1) is 5.10 Å². The molecule has 1 aromatic carbocycles. The molecular formula is C18H21ClN4O2S. The van der Waals surface area contributed by atoms with Crippen molar-refractivity contribution >= 4 is 29.3 Å². The third-order valence-electron chi connectivity index (χ3n) is 4.69. The summed E-state index contributed by atoms with van der Waals surface area (Å²) in [7, 11) is 0. The van der Waals surface area contributed by atoms with Gasteiger partial charge < -0.3 is 4.74 Å². The summed E-state index contributed by atoms with van der Waals surface area (Å²) in [4.78, 5) is 19.8. The molecule has 4 rings (SSSR count). The molecule has 138 valence electrons. The second kappa shape index (κ2) is 6.96. The van der Waals surface area contributed by atoms with Gasteiger partial charge in [0.25, 0.3) is 5.91 Å². The van der Waals surface area contributed by atoms with Crippen LogP contribution < -0.4 is 0 Å². The Balaban J connectivity index is 1.72. The predicted molar refractivity (Wildman–Crippen MR) is 101 cm³/mol. The maximum atomic E-state index is 13.1. The third kappa shape index (κ3) is 3.29. The lowest BCUT2D eigenvalue weighted by molar-refractivity contribution is -0.0804. The van der Waals surface area contributed by atoms with Crippen LogP contribution in [0, 0.1) is 6.92 Å². The van der Waals surface area contributed by atoms with Gasteiger partial charge in [0, 0.05) is 18.1 Å². The Kier molecular flexibility index (Phi) is 4.81. The molecule has 1 fully saturated rings. The van der Waals surface area contributed by atoms with Crippen molar-refractivity contribution in [2.75, 3.05) is 13.1 Å². The molecule has 0 saturated carbocycles. The SMILES string of the molecule is Cc1nc2n(n1)C(=O)C(C(c1cccc(Cl)c1)N1CC(C)OC(C)C1)S2. The number of carbonyl (C=O) groups is 1. The number of ether oxygens (including phenoxy) is 1. The Bertz CT molecular complexity index is 832. The number of thioether (sulfide) groups is 1. The fourth-order valence-corrected chi connectivity index (χ4v) is 5.31. The highest BCUT2D eigenvalue weighted by molar-refractivity contribution is 8.00. The minimum absolute atomic E-state index is 0.0256. The lowest BCUT2D eigenvalue weighted by Crippen LogP contribution is -2.50. The Morgan fingerprint density at radius 3 is 2.69 bits per heavy atom. The molecule has 0 radical (unpaired) electrons. The van der Waals surface area contributed by atoms with Crippen molar-refractivity contribution in [1.29, 1.82) is 0 Å². The summed E-state index contributed by atoms with van der Waals surface area (Å²) in [6, 6.07) is 7.67. The Labute approximate surface area is 161 Å². The van der Waals surface area contributed by atoms with E-state index in [4.69, 9.17) is 16.3 Å². The van der Waals surface area contributed by atoms with E-state index in [1.165, 1.54) is 16.4 Å². The average molecular weight is 393 g/mol. The molecule has 1 saturated heterocycles. The van der Waals surface area contributed by atoms with Gasteiger partial charge in [-0.05, 0) is 38.5 Å². The van der Waals surface area contributed by atoms with Crippen molar-refractivity contribution in [3.63, 3.8) is 0 Å². The molecule has 2 aliphatic heterocycles. The van der Waals surface area contributed by atoms with Gasteiger partial charge >= 0.3 is 0 Å². The van der Waals surface area contributed by atoms with E-state index in [1.807, 2.05) is 24.3 Å². The number of aryl methyl sites for hydroxylation is 1. The number of rotatable bonds is 3. The Morgan fingerprint density at radius 2 is 2.04 bits per heavy atom. The van der Waals surface area contributed by atoms with E-state index in [0.717, 1.165) is 18.7 Å². The van der Waals surface area contributed by atoms with Crippen LogP contribution in [-0.4, -0.2) is 56.1 Å². The van der Waals surface area contributed by atoms with E-state index >= 15 is 0 Å². The fraction of sp³-hybridized carbons (Fsp3) is 0.500. The largest absolute Gasteiger partial charge is 0.373 e. The van der Waals surface area contributed by atoms with E-state index in [9.17, 15) is 4.79 Å². The van der Waals surface area contributed by atoms with Crippen LogP contribution in [0.5, 0.6) is 0 Å². The molecule has 0 N–H and O–H groups in total. The lowest BCUT2D eigenvalue weighted by Gasteiger charge is -2.41. The van der Waals surface area contributed by atoms with Crippen LogP contribution in [0.4, 0.5) is 0 Å². The molecule has 8 heteroatoms. The van der Waals surface area contributed by atoms with Crippen molar-refractivity contribution < 1.29 is 9.53 Å². The minimum atomic E-state index is -0.304. The van der Waals surface area contributed by atoms with Gasteiger partial charge in [-0.3, -0.25) is 9.69 Å². The molecule has 0 spiro atoms. The van der Waals surface area contributed by atoms with Crippen LogP contribution >= 0.6 is 23.4 Å². The van der Waals surface area contributed by atoms with Gasteiger partial charge in [0.05, 0.1) is 18.2 Å². The summed E-state index contributed by atoms with van der Waals surface area (Å²) in [6.07, 6.45) is 0.221. The Hall–Kier alpha value is -1.41. The number of nitrogens with zero attached hydrogens (tertiary/aromatic N) is 4. The summed E-state index contributed by atoms with van der Waals surface area (Å²) in [6.45, 7) is 7.46. The van der Waals surface area contributed by atoms with E-state index in [1.54, 1.807) is 6.92 Å². The standard InChI is InChI=1S/C18H21ClN4O2S/c1-10-8-22(9-11(2)25-10)15(13-5-4-6-14(19)7-13)16-17(24)23-18(26-16)20-12(3)21-23/h4-7,10-11,15-16H,8-9H2,1-3H3. The number of hydrogen-bond donors (Lipinski definition) is 0. The molecule has 0 aliphatic carbocycles. The number of hydrogen-bond acceptors (Lipinski definition) is 6. The van der Waals surface area contributed by atoms with E-state index in [-0.39, 0.29) is 29.4 Å². The zero-order chi connectivity index (χ0) is 18.4. The predicted octanol–water partition coefficient (Wildman–Crippen LogP) is 3.20. The second-order valence-corrected chi connectivity index (χ2v) is 8.49. The first-order valence-corrected chi connectivity index (χ1v) is 9.97. The molecule has 4 unspecified atom stereocenters. The molecule has 2 aromatic rings. The quantitative estimate of drug-likeness (QED) is 0.799. The first kappa shape index (κ1) is 18.0. The normalized spacial score (nSPS) is 27.5. The van der Waals surface area contributed by atoms with Gasteiger partial charge in [-0.25, -0.2) is 4.98 Å². The molecule has 26 heavy (non-hydrogen) atoms. The van der Waals surface area contributed by atoms with Crippen molar-refractivity contribution in [1.82, 2.24) is 19.7 Å². The van der Waals surface area contributed by atoms with E-state index < -0.39 is 0 Å². The molecule has 3 heterocycles. The zero-order valence-electron chi connectivity index (χ0n) is 14.9. The van der Waals surface area contributed by atoms with Gasteiger partial charge in [0.2, 0.25) is 0 Å². The fourth-order valence-electron chi connectivity index (χ4n) is 3.81.